The summed E-state index contributed by atoms with van der Waals surface area (Å²) in [5.74, 6) is 0.455. The van der Waals surface area contributed by atoms with Crippen molar-refractivity contribution in [1.29, 1.82) is 0 Å². The Labute approximate surface area is 298 Å². The molecule has 0 aliphatic rings. The second-order valence-corrected chi connectivity index (χ2v) is 18.5. The second-order valence-electron chi connectivity index (χ2n) is 13.4. The topological polar surface area (TPSA) is 64.7 Å². The van der Waals surface area contributed by atoms with Gasteiger partial charge in [0.05, 0.1) is 13.7 Å². The van der Waals surface area contributed by atoms with Gasteiger partial charge in [-0.1, -0.05) is 62.1 Å². The third-order valence-electron chi connectivity index (χ3n) is 8.23. The largest absolute Gasteiger partial charge is 0.486 e. The first kappa shape index (κ1) is 35.0. The van der Waals surface area contributed by atoms with Gasteiger partial charge in [-0.15, -0.1) is 54.1 Å². The average Bonchev–Trinajstić information content (AvgIpc) is 3.42. The predicted octanol–water partition coefficient (Wildman–Crippen LogP) is 10.0. The predicted molar refractivity (Wildman–Crippen MR) is 197 cm³/mol. The Morgan fingerprint density at radius 3 is 2.19 bits per heavy atom. The summed E-state index contributed by atoms with van der Waals surface area (Å²) in [5.41, 5.74) is 12.1. The van der Waals surface area contributed by atoms with Gasteiger partial charge in [-0.25, -0.2) is 4.98 Å². The number of furan rings is 1. The summed E-state index contributed by atoms with van der Waals surface area (Å²) in [6, 6.07) is 33.3. The Hall–Kier alpha value is -4.29. The van der Waals surface area contributed by atoms with Crippen LogP contribution in [0.5, 0.6) is 0 Å². The first-order valence-electron chi connectivity index (χ1n) is 16.1. The molecule has 0 aliphatic heterocycles. The maximum atomic E-state index is 6.04. The minimum absolute atomic E-state index is 0. The molecule has 7 rings (SSSR count). The summed E-state index contributed by atoms with van der Waals surface area (Å²) in [5, 5.41) is 3.46. The molecule has 7 aromatic rings. The molecule has 5 aromatic heterocycles. The molecule has 0 saturated carbocycles. The fourth-order valence-electron chi connectivity index (χ4n) is 5.83. The number of nitrogens with zero attached hydrogens (tertiary/aromatic N) is 4. The molecule has 0 amide bonds. The fraction of sp³-hybridized carbons (Fsp3) is 0.220. The second kappa shape index (κ2) is 14.4. The van der Waals surface area contributed by atoms with Crippen LogP contribution in [0.25, 0.3) is 55.7 Å². The molecule has 0 atom stereocenters. The summed E-state index contributed by atoms with van der Waals surface area (Å²) < 4.78 is 6.04. The zero-order chi connectivity index (χ0) is 33.3. The molecule has 0 saturated heterocycles. The Morgan fingerprint density at radius 1 is 0.729 bits per heavy atom. The normalized spacial score (nSPS) is 11.4. The molecular weight excluding hydrogens is 785 g/mol. The van der Waals surface area contributed by atoms with Crippen molar-refractivity contribution in [3.05, 3.63) is 126 Å². The van der Waals surface area contributed by atoms with Gasteiger partial charge in [0.15, 0.2) is 0 Å². The van der Waals surface area contributed by atoms with E-state index in [0.29, 0.717) is 11.6 Å². The molecule has 245 valence electrons. The van der Waals surface area contributed by atoms with Crippen LogP contribution >= 0.6 is 0 Å². The fourth-order valence-corrected chi connectivity index (χ4v) is 7.31. The molecule has 5 heterocycles. The summed E-state index contributed by atoms with van der Waals surface area (Å²) in [6.07, 6.45) is 3.92. The quantitative estimate of drug-likeness (QED) is 0.128. The molecule has 0 fully saturated rings. The number of hydrogen-bond acceptors (Lipinski definition) is 5. The summed E-state index contributed by atoms with van der Waals surface area (Å²) >= 11 is 0. The van der Waals surface area contributed by atoms with E-state index in [1.54, 1.807) is 0 Å². The van der Waals surface area contributed by atoms with E-state index in [-0.39, 0.29) is 20.1 Å². The van der Waals surface area contributed by atoms with E-state index in [4.69, 9.17) is 9.40 Å². The molecule has 2 aromatic carbocycles. The van der Waals surface area contributed by atoms with Crippen molar-refractivity contribution in [2.75, 3.05) is 0 Å². The zero-order valence-corrected chi connectivity index (χ0v) is 32.2. The van der Waals surface area contributed by atoms with Gasteiger partial charge in [0, 0.05) is 55.0 Å². The van der Waals surface area contributed by atoms with Gasteiger partial charge in [-0.2, -0.15) is 0 Å². The maximum absolute atomic E-state index is 6.04. The van der Waals surface area contributed by atoms with Crippen LogP contribution < -0.4 is 5.19 Å². The molecule has 1 radical (unpaired) electrons. The zero-order valence-electron chi connectivity index (χ0n) is 28.8. The van der Waals surface area contributed by atoms with Crippen LogP contribution in [0.1, 0.15) is 42.4 Å². The van der Waals surface area contributed by atoms with Crippen LogP contribution in [0.2, 0.25) is 19.6 Å². The number of benzene rings is 2. The monoisotopic (exact) mass is 825 g/mol. The standard InChI is InChI=1S/C21H23N2Si.C20H17N2O.Ir/c1-15-11-18(12-16(2)23-15)19-13-20(17-9-7-6-8-10-17)22-14-21(19)24(3,4)5;1-12(2)14-9-10-21-18(11-14)17-6-4-5-15-16-8-7-13(3)22-20(16)23-19(15)17;/h6-9,11-14H,1-5H3;4-5,7-12H,1-3H3;/q2*-1;. The smallest absolute Gasteiger partial charge is 0.216 e. The Balaban J connectivity index is 0.000000184. The van der Waals surface area contributed by atoms with Gasteiger partial charge in [0.1, 0.15) is 0 Å². The van der Waals surface area contributed by atoms with Gasteiger partial charge in [0.2, 0.25) is 5.71 Å². The number of aryl methyl sites for hydroxylation is 3. The van der Waals surface area contributed by atoms with Gasteiger partial charge >= 0.3 is 0 Å². The maximum Gasteiger partial charge on any atom is 0.216 e. The summed E-state index contributed by atoms with van der Waals surface area (Å²) in [6.45, 7) is 17.5. The van der Waals surface area contributed by atoms with E-state index in [1.165, 1.54) is 21.9 Å². The molecule has 0 unspecified atom stereocenters. The molecule has 0 bridgehead atoms. The van der Waals surface area contributed by atoms with Crippen molar-refractivity contribution in [1.82, 2.24) is 19.9 Å². The van der Waals surface area contributed by atoms with Crippen molar-refractivity contribution in [2.45, 2.75) is 60.2 Å². The Bertz CT molecular complexity index is 2180. The molecule has 0 spiro atoms. The van der Waals surface area contributed by atoms with Crippen LogP contribution in [0, 0.1) is 32.9 Å². The third-order valence-corrected chi connectivity index (χ3v) is 10.2. The van der Waals surface area contributed by atoms with E-state index < -0.39 is 8.07 Å². The first-order chi connectivity index (χ1) is 22.5. The van der Waals surface area contributed by atoms with Gasteiger partial charge < -0.3 is 14.4 Å². The molecule has 5 nitrogen and oxygen atoms in total. The molecular formula is C41H40IrN4OSi-2. The SMILES string of the molecule is Cc1cc(-c2cc(-c3[c-]cccc3)ncc2[Si](C)(C)C)cc(C)n1.Cc1ccc2c(n1)oc1c(-c3cc(C(C)C)ccn3)[c-]ccc12.[Ir]. The number of pyridine rings is 4. The van der Waals surface area contributed by atoms with E-state index >= 15 is 0 Å². The van der Waals surface area contributed by atoms with Gasteiger partial charge in [-0.3, -0.25) is 4.98 Å². The minimum Gasteiger partial charge on any atom is -0.486 e. The molecule has 48 heavy (non-hydrogen) atoms. The molecule has 7 heteroatoms. The summed E-state index contributed by atoms with van der Waals surface area (Å²) in [7, 11) is -1.51. The average molecular weight is 825 g/mol. The Kier molecular flexibility index (Phi) is 10.5. The van der Waals surface area contributed by atoms with E-state index in [1.807, 2.05) is 49.5 Å². The van der Waals surface area contributed by atoms with Crippen LogP contribution in [0.3, 0.4) is 0 Å². The van der Waals surface area contributed by atoms with Gasteiger partial charge in [-0.05, 0) is 84.7 Å². The minimum atomic E-state index is -1.51. The molecule has 0 aliphatic carbocycles. The third kappa shape index (κ3) is 7.54. The number of hydrogen-bond donors (Lipinski definition) is 0. The molecule has 0 N–H and O–H groups in total. The van der Waals surface area contributed by atoms with E-state index in [0.717, 1.165) is 56.0 Å². The van der Waals surface area contributed by atoms with Crippen molar-refractivity contribution < 1.29 is 24.5 Å². The Morgan fingerprint density at radius 2 is 1.50 bits per heavy atom. The van der Waals surface area contributed by atoms with Gasteiger partial charge in [0.25, 0.3) is 0 Å². The van der Waals surface area contributed by atoms with Crippen LogP contribution in [0.15, 0.2) is 95.7 Å². The first-order valence-corrected chi connectivity index (χ1v) is 19.6. The summed E-state index contributed by atoms with van der Waals surface area (Å²) in [4.78, 5) is 18.3. The van der Waals surface area contributed by atoms with Crippen molar-refractivity contribution in [3.63, 3.8) is 0 Å². The van der Waals surface area contributed by atoms with E-state index in [2.05, 4.69) is 123 Å². The van der Waals surface area contributed by atoms with Crippen LogP contribution in [-0.4, -0.2) is 28.0 Å². The number of aromatic nitrogens is 4. The van der Waals surface area contributed by atoms with Crippen LogP contribution in [-0.2, 0) is 20.1 Å². The number of fused-ring (bicyclic) bond motifs is 3. The van der Waals surface area contributed by atoms with Crippen molar-refractivity contribution in [3.8, 4) is 33.6 Å². The van der Waals surface area contributed by atoms with E-state index in [9.17, 15) is 0 Å². The number of rotatable bonds is 5. The van der Waals surface area contributed by atoms with Crippen molar-refractivity contribution in [2.24, 2.45) is 0 Å². The van der Waals surface area contributed by atoms with Crippen molar-refractivity contribution >= 4 is 35.3 Å². The van der Waals surface area contributed by atoms with Crippen LogP contribution in [0.4, 0.5) is 0 Å².